The third-order valence-electron chi connectivity index (χ3n) is 6.14. The van der Waals surface area contributed by atoms with Crippen molar-refractivity contribution in [1.29, 1.82) is 0 Å². The summed E-state index contributed by atoms with van der Waals surface area (Å²) in [6, 6.07) is 25.7. The number of methoxy groups -OCH3 is 1. The van der Waals surface area contributed by atoms with Crippen molar-refractivity contribution in [3.8, 4) is 11.3 Å². The minimum absolute atomic E-state index is 0.103. The van der Waals surface area contributed by atoms with Crippen molar-refractivity contribution < 1.29 is 23.5 Å². The number of hydrogen-bond acceptors (Lipinski definition) is 6. The summed E-state index contributed by atoms with van der Waals surface area (Å²) in [4.78, 5) is 39.0. The molecule has 0 saturated carbocycles. The van der Waals surface area contributed by atoms with Crippen molar-refractivity contribution in [3.63, 3.8) is 0 Å². The molecule has 4 aromatic rings. The molecule has 4 rings (SSSR count). The summed E-state index contributed by atoms with van der Waals surface area (Å²) in [5.74, 6) is -0.133. The predicted octanol–water partition coefficient (Wildman–Crippen LogP) is 6.08. The Labute approximate surface area is 226 Å². The zero-order chi connectivity index (χ0) is 26.9. The summed E-state index contributed by atoms with van der Waals surface area (Å²) in [6.45, 7) is 1.73. The van der Waals surface area contributed by atoms with Gasteiger partial charge in [0.15, 0.2) is 0 Å². The van der Waals surface area contributed by atoms with Gasteiger partial charge in [-0.1, -0.05) is 73.7 Å². The smallest absolute Gasteiger partial charge is 0.328 e. The number of ether oxygens (including phenoxy) is 1. The zero-order valence-corrected chi connectivity index (χ0v) is 22.1. The Balaban J connectivity index is 1.85. The van der Waals surface area contributed by atoms with Crippen LogP contribution in [0.5, 0.6) is 0 Å². The maximum absolute atomic E-state index is 13.4. The largest absolute Gasteiger partial charge is 0.467 e. The van der Waals surface area contributed by atoms with E-state index in [1.165, 1.54) is 7.11 Å². The first-order valence-corrected chi connectivity index (χ1v) is 13.2. The fourth-order valence-corrected chi connectivity index (χ4v) is 5.22. The molecule has 0 radical (unpaired) electrons. The molecule has 0 aliphatic heterocycles. The lowest BCUT2D eigenvalue weighted by atomic mass is 9.92. The lowest BCUT2D eigenvalue weighted by molar-refractivity contribution is -0.145. The molecule has 0 saturated heterocycles. The Kier molecular flexibility index (Phi) is 9.16. The molecule has 1 atom stereocenters. The van der Waals surface area contributed by atoms with Gasteiger partial charge in [0.25, 0.3) is 0 Å². The second kappa shape index (κ2) is 12.9. The minimum atomic E-state index is -0.862. The van der Waals surface area contributed by atoms with E-state index in [0.717, 1.165) is 38.9 Å². The van der Waals surface area contributed by atoms with Gasteiger partial charge in [0.1, 0.15) is 11.8 Å². The SMILES string of the molecule is CCC(=O)N[C@@H](Cc1ccc(-c2ccco2)c(SC(=O)c2ccccc2)c1Cc1ccccc1)C(=O)OC. The number of amides is 1. The van der Waals surface area contributed by atoms with E-state index in [9.17, 15) is 14.4 Å². The summed E-state index contributed by atoms with van der Waals surface area (Å²) in [6.07, 6.45) is 2.58. The fourth-order valence-electron chi connectivity index (χ4n) is 4.17. The van der Waals surface area contributed by atoms with Crippen molar-refractivity contribution in [2.24, 2.45) is 0 Å². The molecular weight excluding hydrogens is 498 g/mol. The van der Waals surface area contributed by atoms with Gasteiger partial charge in [0.05, 0.1) is 13.4 Å². The summed E-state index contributed by atoms with van der Waals surface area (Å²) >= 11 is 1.14. The van der Waals surface area contributed by atoms with Crippen LogP contribution in [0.2, 0.25) is 0 Å². The van der Waals surface area contributed by atoms with Crippen LogP contribution in [0, 0.1) is 0 Å². The highest BCUT2D eigenvalue weighted by Crippen LogP contribution is 2.39. The summed E-state index contributed by atoms with van der Waals surface area (Å²) in [5, 5.41) is 2.68. The normalized spacial score (nSPS) is 11.5. The lowest BCUT2D eigenvalue weighted by Crippen LogP contribution is -2.43. The van der Waals surface area contributed by atoms with Gasteiger partial charge in [-0.15, -0.1) is 0 Å². The van der Waals surface area contributed by atoms with E-state index < -0.39 is 12.0 Å². The van der Waals surface area contributed by atoms with Crippen molar-refractivity contribution in [1.82, 2.24) is 5.32 Å². The Bertz CT molecular complexity index is 1380. The van der Waals surface area contributed by atoms with Crippen molar-refractivity contribution in [2.75, 3.05) is 7.11 Å². The van der Waals surface area contributed by atoms with Crippen LogP contribution < -0.4 is 5.32 Å². The number of rotatable bonds is 10. The van der Waals surface area contributed by atoms with Crippen molar-refractivity contribution in [3.05, 3.63) is 113 Å². The molecule has 0 fully saturated rings. The van der Waals surface area contributed by atoms with E-state index in [0.29, 0.717) is 17.7 Å². The molecule has 1 N–H and O–H groups in total. The standard InChI is InChI=1S/C31H29NO5S/c1-3-28(33)32-26(30(34)36-2)20-23-16-17-24(27-15-10-18-37-27)29(25(23)19-21-11-6-4-7-12-21)38-31(35)22-13-8-5-9-14-22/h4-18,26H,3,19-20H2,1-2H3,(H,32,33)/t26-/m0/s1. The average Bonchev–Trinajstić information content (AvgIpc) is 3.49. The van der Waals surface area contributed by atoms with E-state index >= 15 is 0 Å². The van der Waals surface area contributed by atoms with Gasteiger partial charge in [-0.05, 0) is 53.1 Å². The third-order valence-corrected chi connectivity index (χ3v) is 7.23. The molecule has 0 aliphatic carbocycles. The number of thioether (sulfide) groups is 1. The molecule has 1 aromatic heterocycles. The highest BCUT2D eigenvalue weighted by Gasteiger charge is 2.26. The van der Waals surface area contributed by atoms with Crippen LogP contribution in [0.15, 0.2) is 101 Å². The third kappa shape index (κ3) is 6.61. The van der Waals surface area contributed by atoms with E-state index in [-0.39, 0.29) is 23.9 Å². The average molecular weight is 528 g/mol. The number of nitrogens with one attached hydrogen (secondary N) is 1. The molecule has 7 heteroatoms. The van der Waals surface area contributed by atoms with Crippen molar-refractivity contribution >= 4 is 28.8 Å². The maximum Gasteiger partial charge on any atom is 0.328 e. The molecule has 38 heavy (non-hydrogen) atoms. The molecule has 0 spiro atoms. The second-order valence-corrected chi connectivity index (χ2v) is 9.66. The molecule has 1 heterocycles. The Morgan fingerprint density at radius 3 is 2.26 bits per heavy atom. The molecule has 3 aromatic carbocycles. The monoisotopic (exact) mass is 527 g/mol. The molecule has 0 aliphatic rings. The van der Waals surface area contributed by atoms with Gasteiger partial charge >= 0.3 is 5.97 Å². The van der Waals surface area contributed by atoms with Crippen molar-refractivity contribution in [2.45, 2.75) is 37.1 Å². The number of hydrogen-bond donors (Lipinski definition) is 1. The van der Waals surface area contributed by atoms with Crippen LogP contribution in [0.25, 0.3) is 11.3 Å². The van der Waals surface area contributed by atoms with Crippen LogP contribution >= 0.6 is 11.8 Å². The Morgan fingerprint density at radius 2 is 1.63 bits per heavy atom. The quantitative estimate of drug-likeness (QED) is 0.199. The zero-order valence-electron chi connectivity index (χ0n) is 21.3. The number of carbonyl (C=O) groups is 3. The number of furan rings is 1. The van der Waals surface area contributed by atoms with Gasteiger partial charge in [-0.2, -0.15) is 0 Å². The first kappa shape index (κ1) is 26.9. The van der Waals surface area contributed by atoms with Gasteiger partial charge in [0.2, 0.25) is 11.0 Å². The highest BCUT2D eigenvalue weighted by atomic mass is 32.2. The van der Waals surface area contributed by atoms with E-state index in [1.54, 1.807) is 31.4 Å². The van der Waals surface area contributed by atoms with Crippen LogP contribution in [0.1, 0.15) is 40.4 Å². The first-order valence-electron chi connectivity index (χ1n) is 12.4. The van der Waals surface area contributed by atoms with Crippen LogP contribution in [0.3, 0.4) is 0 Å². The van der Waals surface area contributed by atoms with Gasteiger partial charge in [-0.25, -0.2) is 4.79 Å². The number of benzene rings is 3. The van der Waals surface area contributed by atoms with Gasteiger partial charge in [-0.3, -0.25) is 9.59 Å². The second-order valence-electron chi connectivity index (χ2n) is 8.68. The maximum atomic E-state index is 13.4. The lowest BCUT2D eigenvalue weighted by Gasteiger charge is -2.21. The van der Waals surface area contributed by atoms with Crippen LogP contribution in [-0.4, -0.2) is 30.1 Å². The Hall–Kier alpha value is -4.10. The summed E-state index contributed by atoms with van der Waals surface area (Å²) in [5.41, 5.74) is 4.14. The molecular formula is C31H29NO5S. The minimum Gasteiger partial charge on any atom is -0.467 e. The number of carbonyl (C=O) groups excluding carboxylic acids is 3. The van der Waals surface area contributed by atoms with Crippen LogP contribution in [-0.2, 0) is 27.2 Å². The molecule has 0 unspecified atom stereocenters. The number of esters is 1. The fraction of sp³-hybridized carbons (Fsp3) is 0.194. The topological polar surface area (TPSA) is 85.6 Å². The molecule has 6 nitrogen and oxygen atoms in total. The predicted molar refractivity (Wildman–Crippen MR) is 148 cm³/mol. The molecule has 1 amide bonds. The Morgan fingerprint density at radius 1 is 0.921 bits per heavy atom. The molecule has 194 valence electrons. The van der Waals surface area contributed by atoms with E-state index in [2.05, 4.69) is 5.32 Å². The van der Waals surface area contributed by atoms with Crippen LogP contribution in [0.4, 0.5) is 0 Å². The van der Waals surface area contributed by atoms with E-state index in [4.69, 9.17) is 9.15 Å². The first-order chi connectivity index (χ1) is 18.5. The highest BCUT2D eigenvalue weighted by molar-refractivity contribution is 8.14. The van der Waals surface area contributed by atoms with Gasteiger partial charge < -0.3 is 14.5 Å². The summed E-state index contributed by atoms with van der Waals surface area (Å²) in [7, 11) is 1.30. The van der Waals surface area contributed by atoms with Gasteiger partial charge in [0, 0.05) is 28.9 Å². The molecule has 0 bridgehead atoms. The summed E-state index contributed by atoms with van der Waals surface area (Å²) < 4.78 is 10.7. The van der Waals surface area contributed by atoms with E-state index in [1.807, 2.05) is 66.7 Å².